The van der Waals surface area contributed by atoms with Gasteiger partial charge in [-0.15, -0.1) is 0 Å². The largest absolute Gasteiger partial charge is 0.279 e. The lowest BCUT2D eigenvalue weighted by Gasteiger charge is -1.90. The number of hydrogen-bond donors (Lipinski definition) is 0. The molecule has 0 amide bonds. The van der Waals surface area contributed by atoms with Gasteiger partial charge < -0.3 is 0 Å². The minimum atomic E-state index is 0.297. The van der Waals surface area contributed by atoms with E-state index in [-0.39, 0.29) is 0 Å². The van der Waals surface area contributed by atoms with Crippen molar-refractivity contribution in [1.82, 2.24) is 4.98 Å². The maximum Gasteiger partial charge on any atom is 0.126 e. The summed E-state index contributed by atoms with van der Waals surface area (Å²) in [5.41, 5.74) is 1.05. The third-order valence-corrected chi connectivity index (χ3v) is 1.29. The molecule has 0 saturated carbocycles. The van der Waals surface area contributed by atoms with Crippen molar-refractivity contribution in [1.29, 1.82) is 0 Å². The SMILES string of the molecule is C1=NC1c1ccccn1. The first-order valence-electron chi connectivity index (χ1n) is 2.91. The quantitative estimate of drug-likeness (QED) is 0.544. The first kappa shape index (κ1) is 4.68. The number of rotatable bonds is 1. The lowest BCUT2D eigenvalue weighted by molar-refractivity contribution is 1.03. The molecule has 2 heteroatoms. The molecule has 0 saturated heterocycles. The van der Waals surface area contributed by atoms with E-state index in [9.17, 15) is 0 Å². The van der Waals surface area contributed by atoms with Gasteiger partial charge in [0.25, 0.3) is 0 Å². The number of pyridine rings is 1. The lowest BCUT2D eigenvalue weighted by Crippen LogP contribution is -1.84. The van der Waals surface area contributed by atoms with Gasteiger partial charge in [-0.05, 0) is 12.1 Å². The molecular weight excluding hydrogens is 112 g/mol. The van der Waals surface area contributed by atoms with Gasteiger partial charge in [-0.3, -0.25) is 9.98 Å². The summed E-state index contributed by atoms with van der Waals surface area (Å²) in [6.07, 6.45) is 3.68. The molecule has 0 spiro atoms. The molecule has 2 nitrogen and oxygen atoms in total. The van der Waals surface area contributed by atoms with Gasteiger partial charge in [0, 0.05) is 12.4 Å². The zero-order chi connectivity index (χ0) is 6.10. The fourth-order valence-corrected chi connectivity index (χ4v) is 0.747. The maximum atomic E-state index is 4.12. The normalized spacial score (nSPS) is 22.0. The van der Waals surface area contributed by atoms with Crippen molar-refractivity contribution in [2.45, 2.75) is 6.04 Å². The van der Waals surface area contributed by atoms with E-state index in [2.05, 4.69) is 9.98 Å². The molecule has 1 aliphatic heterocycles. The monoisotopic (exact) mass is 118 g/mol. The Hall–Kier alpha value is -1.18. The number of aliphatic imine (C=N–C) groups is 1. The Balaban J connectivity index is 2.30. The van der Waals surface area contributed by atoms with Crippen LogP contribution in [0.1, 0.15) is 11.7 Å². The van der Waals surface area contributed by atoms with Gasteiger partial charge in [0.15, 0.2) is 0 Å². The van der Waals surface area contributed by atoms with E-state index < -0.39 is 0 Å². The van der Waals surface area contributed by atoms with Crippen LogP contribution < -0.4 is 0 Å². The van der Waals surface area contributed by atoms with Crippen molar-refractivity contribution >= 4 is 6.21 Å². The molecule has 0 fully saturated rings. The van der Waals surface area contributed by atoms with Crippen molar-refractivity contribution in [2.24, 2.45) is 4.99 Å². The predicted octanol–water partition coefficient (Wildman–Crippen LogP) is 1.21. The summed E-state index contributed by atoms with van der Waals surface area (Å²) >= 11 is 0. The molecule has 2 rings (SSSR count). The van der Waals surface area contributed by atoms with Gasteiger partial charge in [0.05, 0.1) is 5.69 Å². The topological polar surface area (TPSA) is 25.2 Å². The minimum absolute atomic E-state index is 0.297. The van der Waals surface area contributed by atoms with Crippen LogP contribution in [0, 0.1) is 0 Å². The molecular formula is C7H6N2. The van der Waals surface area contributed by atoms with E-state index in [1.807, 2.05) is 24.4 Å². The Labute approximate surface area is 53.3 Å². The minimum Gasteiger partial charge on any atom is -0.279 e. The molecule has 2 heterocycles. The second-order valence-corrected chi connectivity index (χ2v) is 2.00. The highest BCUT2D eigenvalue weighted by molar-refractivity contribution is 5.79. The van der Waals surface area contributed by atoms with Crippen LogP contribution in [-0.2, 0) is 0 Å². The standard InChI is InChI=1S/C7H6N2/c1-2-4-8-6(3-1)7-5-9-7/h1-5,7H. The molecule has 1 aromatic rings. The first-order chi connectivity index (χ1) is 4.47. The van der Waals surface area contributed by atoms with Crippen LogP contribution >= 0.6 is 0 Å². The molecule has 1 aromatic heterocycles. The second-order valence-electron chi connectivity index (χ2n) is 2.00. The highest BCUT2D eigenvalue weighted by Gasteiger charge is 2.15. The van der Waals surface area contributed by atoms with Crippen LogP contribution in [0.15, 0.2) is 29.4 Å². The molecule has 44 valence electrons. The van der Waals surface area contributed by atoms with Crippen molar-refractivity contribution in [2.75, 3.05) is 0 Å². The van der Waals surface area contributed by atoms with Crippen molar-refractivity contribution in [3.63, 3.8) is 0 Å². The fraction of sp³-hybridized carbons (Fsp3) is 0.143. The number of nitrogens with zero attached hydrogens (tertiary/aromatic N) is 2. The fourth-order valence-electron chi connectivity index (χ4n) is 0.747. The molecule has 0 aliphatic carbocycles. The van der Waals surface area contributed by atoms with Gasteiger partial charge in [0.1, 0.15) is 6.04 Å². The molecule has 0 bridgehead atoms. The van der Waals surface area contributed by atoms with Gasteiger partial charge in [-0.25, -0.2) is 0 Å². The molecule has 0 aromatic carbocycles. The Morgan fingerprint density at radius 1 is 1.33 bits per heavy atom. The van der Waals surface area contributed by atoms with E-state index in [0.717, 1.165) is 5.69 Å². The maximum absolute atomic E-state index is 4.12. The summed E-state index contributed by atoms with van der Waals surface area (Å²) in [7, 11) is 0. The average Bonchev–Trinajstić information content (AvgIpc) is 2.71. The Bertz CT molecular complexity index is 222. The third-order valence-electron chi connectivity index (χ3n) is 1.29. The van der Waals surface area contributed by atoms with E-state index in [4.69, 9.17) is 0 Å². The lowest BCUT2D eigenvalue weighted by atomic mass is 10.3. The molecule has 1 unspecified atom stereocenters. The first-order valence-corrected chi connectivity index (χ1v) is 2.91. The Morgan fingerprint density at radius 3 is 2.78 bits per heavy atom. The van der Waals surface area contributed by atoms with E-state index >= 15 is 0 Å². The number of aromatic nitrogens is 1. The second kappa shape index (κ2) is 1.65. The van der Waals surface area contributed by atoms with Crippen molar-refractivity contribution in [3.05, 3.63) is 30.1 Å². The molecule has 0 N–H and O–H groups in total. The van der Waals surface area contributed by atoms with Crippen molar-refractivity contribution in [3.8, 4) is 0 Å². The van der Waals surface area contributed by atoms with Crippen LogP contribution in [0.3, 0.4) is 0 Å². The zero-order valence-corrected chi connectivity index (χ0v) is 4.86. The summed E-state index contributed by atoms with van der Waals surface area (Å²) in [5.74, 6) is 0. The van der Waals surface area contributed by atoms with E-state index in [1.54, 1.807) is 6.20 Å². The van der Waals surface area contributed by atoms with Gasteiger partial charge >= 0.3 is 0 Å². The highest BCUT2D eigenvalue weighted by Crippen LogP contribution is 2.20. The van der Waals surface area contributed by atoms with Gasteiger partial charge in [0.2, 0.25) is 0 Å². The average molecular weight is 118 g/mol. The summed E-state index contributed by atoms with van der Waals surface area (Å²) in [5, 5.41) is 0. The predicted molar refractivity (Wildman–Crippen MR) is 35.5 cm³/mol. The van der Waals surface area contributed by atoms with Gasteiger partial charge in [-0.1, -0.05) is 6.07 Å². The Morgan fingerprint density at radius 2 is 2.22 bits per heavy atom. The summed E-state index contributed by atoms with van der Waals surface area (Å²) in [6.45, 7) is 0. The van der Waals surface area contributed by atoms with Crippen molar-refractivity contribution < 1.29 is 0 Å². The van der Waals surface area contributed by atoms with Crippen LogP contribution in [0.5, 0.6) is 0 Å². The third kappa shape index (κ3) is 0.830. The summed E-state index contributed by atoms with van der Waals surface area (Å²) in [4.78, 5) is 8.10. The zero-order valence-electron chi connectivity index (χ0n) is 4.86. The molecule has 9 heavy (non-hydrogen) atoms. The van der Waals surface area contributed by atoms with Crippen LogP contribution in [0.4, 0.5) is 0 Å². The molecule has 1 aliphatic rings. The van der Waals surface area contributed by atoms with Crippen LogP contribution in [0.2, 0.25) is 0 Å². The molecule has 0 radical (unpaired) electrons. The van der Waals surface area contributed by atoms with Gasteiger partial charge in [-0.2, -0.15) is 0 Å². The van der Waals surface area contributed by atoms with E-state index in [1.165, 1.54) is 0 Å². The molecule has 1 atom stereocenters. The van der Waals surface area contributed by atoms with Crippen LogP contribution in [0.25, 0.3) is 0 Å². The summed E-state index contributed by atoms with van der Waals surface area (Å²) in [6, 6.07) is 6.17. The number of hydrogen-bond acceptors (Lipinski definition) is 2. The highest BCUT2D eigenvalue weighted by atomic mass is 14.9. The van der Waals surface area contributed by atoms with Crippen LogP contribution in [-0.4, -0.2) is 11.2 Å². The Kier molecular flexibility index (Phi) is 0.859. The van der Waals surface area contributed by atoms with E-state index in [0.29, 0.717) is 6.04 Å². The summed E-state index contributed by atoms with van der Waals surface area (Å²) < 4.78 is 0. The smallest absolute Gasteiger partial charge is 0.126 e.